The SMILES string of the molecule is Cc1ccc(-c2ccc(C(=O)NCC(=O)N3CCCC3)s2)o1. The van der Waals surface area contributed by atoms with Crippen molar-refractivity contribution in [3.05, 3.63) is 34.9 Å². The molecule has 1 saturated heterocycles. The highest BCUT2D eigenvalue weighted by atomic mass is 32.1. The monoisotopic (exact) mass is 318 g/mol. The fourth-order valence-electron chi connectivity index (χ4n) is 2.48. The van der Waals surface area contributed by atoms with E-state index in [0.29, 0.717) is 4.88 Å². The van der Waals surface area contributed by atoms with Crippen LogP contribution < -0.4 is 5.32 Å². The lowest BCUT2D eigenvalue weighted by molar-refractivity contribution is -0.129. The van der Waals surface area contributed by atoms with E-state index in [-0.39, 0.29) is 18.4 Å². The van der Waals surface area contributed by atoms with Crippen molar-refractivity contribution in [1.29, 1.82) is 0 Å². The van der Waals surface area contributed by atoms with Gasteiger partial charge in [0.1, 0.15) is 11.5 Å². The number of aryl methyl sites for hydroxylation is 1. The number of rotatable bonds is 4. The molecule has 3 rings (SSSR count). The van der Waals surface area contributed by atoms with Crippen LogP contribution in [0, 0.1) is 6.92 Å². The number of hydrogen-bond acceptors (Lipinski definition) is 4. The highest BCUT2D eigenvalue weighted by molar-refractivity contribution is 7.17. The van der Waals surface area contributed by atoms with E-state index in [1.807, 2.05) is 25.1 Å². The molecule has 116 valence electrons. The summed E-state index contributed by atoms with van der Waals surface area (Å²) in [4.78, 5) is 27.3. The topological polar surface area (TPSA) is 62.6 Å². The molecule has 0 radical (unpaired) electrons. The Morgan fingerprint density at radius 2 is 2.00 bits per heavy atom. The lowest BCUT2D eigenvalue weighted by atomic mass is 10.3. The molecule has 0 spiro atoms. The van der Waals surface area contributed by atoms with E-state index < -0.39 is 0 Å². The Balaban J connectivity index is 1.58. The first-order valence-electron chi connectivity index (χ1n) is 7.36. The van der Waals surface area contributed by atoms with Crippen LogP contribution in [0.25, 0.3) is 10.6 Å². The Morgan fingerprint density at radius 1 is 1.23 bits per heavy atom. The number of likely N-dealkylation sites (tertiary alicyclic amines) is 1. The van der Waals surface area contributed by atoms with Gasteiger partial charge >= 0.3 is 0 Å². The first-order valence-corrected chi connectivity index (χ1v) is 8.18. The maximum atomic E-state index is 12.1. The number of furan rings is 1. The summed E-state index contributed by atoms with van der Waals surface area (Å²) in [6.07, 6.45) is 2.10. The number of nitrogens with zero attached hydrogens (tertiary/aromatic N) is 1. The molecule has 2 aromatic rings. The second kappa shape index (κ2) is 6.36. The van der Waals surface area contributed by atoms with E-state index >= 15 is 0 Å². The van der Waals surface area contributed by atoms with Crippen molar-refractivity contribution in [3.63, 3.8) is 0 Å². The van der Waals surface area contributed by atoms with E-state index in [2.05, 4.69) is 5.32 Å². The van der Waals surface area contributed by atoms with Crippen LogP contribution in [0.2, 0.25) is 0 Å². The summed E-state index contributed by atoms with van der Waals surface area (Å²) >= 11 is 1.36. The van der Waals surface area contributed by atoms with E-state index in [9.17, 15) is 9.59 Å². The van der Waals surface area contributed by atoms with E-state index in [1.54, 1.807) is 11.0 Å². The highest BCUT2D eigenvalue weighted by Crippen LogP contribution is 2.29. The van der Waals surface area contributed by atoms with E-state index in [1.165, 1.54) is 11.3 Å². The van der Waals surface area contributed by atoms with Crippen molar-refractivity contribution in [2.75, 3.05) is 19.6 Å². The molecule has 0 aromatic carbocycles. The van der Waals surface area contributed by atoms with Crippen LogP contribution in [0.5, 0.6) is 0 Å². The molecule has 1 fully saturated rings. The van der Waals surface area contributed by atoms with Crippen LogP contribution in [0.15, 0.2) is 28.7 Å². The Bertz CT molecular complexity index is 683. The summed E-state index contributed by atoms with van der Waals surface area (Å²) in [6.45, 7) is 3.55. The van der Waals surface area contributed by atoms with Crippen LogP contribution in [0.4, 0.5) is 0 Å². The standard InChI is InChI=1S/C16H18N2O3S/c1-11-4-5-12(21-11)13-6-7-14(22-13)16(20)17-10-15(19)18-8-2-3-9-18/h4-7H,2-3,8-10H2,1H3,(H,17,20). The summed E-state index contributed by atoms with van der Waals surface area (Å²) in [6, 6.07) is 7.40. The third kappa shape index (κ3) is 3.22. The van der Waals surface area contributed by atoms with Gasteiger partial charge in [0.05, 0.1) is 16.3 Å². The van der Waals surface area contributed by atoms with Crippen molar-refractivity contribution in [2.45, 2.75) is 19.8 Å². The maximum absolute atomic E-state index is 12.1. The minimum Gasteiger partial charge on any atom is -0.461 e. The zero-order valence-electron chi connectivity index (χ0n) is 12.4. The molecule has 6 heteroatoms. The molecule has 0 saturated carbocycles. The Hall–Kier alpha value is -2.08. The largest absolute Gasteiger partial charge is 0.461 e. The summed E-state index contributed by atoms with van der Waals surface area (Å²) < 4.78 is 5.55. The van der Waals surface area contributed by atoms with Crippen LogP contribution in [-0.2, 0) is 4.79 Å². The van der Waals surface area contributed by atoms with Crippen LogP contribution >= 0.6 is 11.3 Å². The molecule has 0 aliphatic carbocycles. The molecular formula is C16H18N2O3S. The van der Waals surface area contributed by atoms with Crippen LogP contribution in [0.3, 0.4) is 0 Å². The molecular weight excluding hydrogens is 300 g/mol. The van der Waals surface area contributed by atoms with Crippen molar-refractivity contribution < 1.29 is 14.0 Å². The van der Waals surface area contributed by atoms with Crippen molar-refractivity contribution in [2.24, 2.45) is 0 Å². The predicted octanol–water partition coefficient (Wildman–Crippen LogP) is 2.67. The van der Waals surface area contributed by atoms with Gasteiger partial charge in [-0.15, -0.1) is 11.3 Å². The van der Waals surface area contributed by atoms with Crippen molar-refractivity contribution >= 4 is 23.2 Å². The number of nitrogens with one attached hydrogen (secondary N) is 1. The average Bonchev–Trinajstić information content (AvgIpc) is 3.23. The van der Waals surface area contributed by atoms with Gasteiger partial charge in [0.25, 0.3) is 5.91 Å². The molecule has 0 unspecified atom stereocenters. The predicted molar refractivity (Wildman–Crippen MR) is 84.9 cm³/mol. The average molecular weight is 318 g/mol. The van der Waals surface area contributed by atoms with E-state index in [4.69, 9.17) is 4.42 Å². The molecule has 3 heterocycles. The molecule has 1 aliphatic heterocycles. The number of thiophene rings is 1. The van der Waals surface area contributed by atoms with Gasteiger partial charge in [0.2, 0.25) is 5.91 Å². The van der Waals surface area contributed by atoms with Gasteiger partial charge < -0.3 is 14.6 Å². The number of carbonyl (C=O) groups is 2. The van der Waals surface area contributed by atoms with Gasteiger partial charge in [0, 0.05) is 13.1 Å². The quantitative estimate of drug-likeness (QED) is 0.942. The van der Waals surface area contributed by atoms with Gasteiger partial charge in [-0.1, -0.05) is 0 Å². The fraction of sp³-hybridized carbons (Fsp3) is 0.375. The van der Waals surface area contributed by atoms with Crippen LogP contribution in [0.1, 0.15) is 28.3 Å². The molecule has 2 amide bonds. The Kier molecular flexibility index (Phi) is 4.29. The Labute approximate surface area is 132 Å². The lowest BCUT2D eigenvalue weighted by Crippen LogP contribution is -2.38. The first-order chi connectivity index (χ1) is 10.6. The third-order valence-electron chi connectivity index (χ3n) is 3.67. The van der Waals surface area contributed by atoms with E-state index in [0.717, 1.165) is 42.3 Å². The summed E-state index contributed by atoms with van der Waals surface area (Å²) in [7, 11) is 0. The number of carbonyl (C=O) groups excluding carboxylic acids is 2. The summed E-state index contributed by atoms with van der Waals surface area (Å²) in [5.74, 6) is 1.37. The summed E-state index contributed by atoms with van der Waals surface area (Å²) in [5.41, 5.74) is 0. The van der Waals surface area contributed by atoms with Crippen molar-refractivity contribution in [3.8, 4) is 10.6 Å². The minimum atomic E-state index is -0.216. The van der Waals surface area contributed by atoms with Gasteiger partial charge in [-0.25, -0.2) is 0 Å². The van der Waals surface area contributed by atoms with Gasteiger partial charge in [-0.3, -0.25) is 9.59 Å². The van der Waals surface area contributed by atoms with Crippen LogP contribution in [-0.4, -0.2) is 36.3 Å². The van der Waals surface area contributed by atoms with Gasteiger partial charge in [-0.2, -0.15) is 0 Å². The van der Waals surface area contributed by atoms with Gasteiger partial charge in [-0.05, 0) is 44.0 Å². The second-order valence-corrected chi connectivity index (χ2v) is 6.43. The van der Waals surface area contributed by atoms with Crippen molar-refractivity contribution in [1.82, 2.24) is 10.2 Å². The highest BCUT2D eigenvalue weighted by Gasteiger charge is 2.19. The molecule has 1 aliphatic rings. The zero-order chi connectivity index (χ0) is 15.5. The molecule has 22 heavy (non-hydrogen) atoms. The molecule has 5 nitrogen and oxygen atoms in total. The lowest BCUT2D eigenvalue weighted by Gasteiger charge is -2.15. The first kappa shape index (κ1) is 14.8. The number of hydrogen-bond donors (Lipinski definition) is 1. The maximum Gasteiger partial charge on any atom is 0.261 e. The molecule has 0 atom stereocenters. The third-order valence-corrected chi connectivity index (χ3v) is 4.77. The minimum absolute atomic E-state index is 0.00992. The fourth-order valence-corrected chi connectivity index (χ4v) is 3.36. The Morgan fingerprint density at radius 3 is 2.68 bits per heavy atom. The summed E-state index contributed by atoms with van der Waals surface area (Å²) in [5, 5.41) is 2.70. The number of amides is 2. The smallest absolute Gasteiger partial charge is 0.261 e. The molecule has 2 aromatic heterocycles. The zero-order valence-corrected chi connectivity index (χ0v) is 13.2. The molecule has 1 N–H and O–H groups in total. The van der Waals surface area contributed by atoms with Gasteiger partial charge in [0.15, 0.2) is 0 Å². The molecule has 0 bridgehead atoms. The normalized spacial score (nSPS) is 14.3. The second-order valence-electron chi connectivity index (χ2n) is 5.34.